The molecule has 0 saturated heterocycles. The standard InChI is InChI=1S/C30H48N6O6S/c1-16(2)20-13-21(27(39)34-23(29(41)33-19(7)8)9-11-25(37)31-17(3)4)15-22(14-20)28(40)35-24(30(42)36-43)10-12-26(38)32-18(5)6/h13-19,23-24,43H,9-12H2,1-8H3,(H,31,37)(H,32,38)(H,33,41)(H,34,39)(H,35,40)(H,36,42). The highest BCUT2D eigenvalue weighted by atomic mass is 32.1. The molecule has 0 radical (unpaired) electrons. The van der Waals surface area contributed by atoms with Crippen LogP contribution in [0.2, 0.25) is 0 Å². The predicted octanol–water partition coefficient (Wildman–Crippen LogP) is 2.10. The SMILES string of the molecule is CC(C)NC(=O)CCC(NC(=O)c1cc(C(=O)NC(CCC(=O)NC(C)C)C(=O)NC(C)C)cc(C(C)C)c1)C(=O)NS. The van der Waals surface area contributed by atoms with E-state index in [2.05, 4.69) is 44.1 Å². The topological polar surface area (TPSA) is 175 Å². The third-order valence-electron chi connectivity index (χ3n) is 6.15. The molecule has 1 aromatic carbocycles. The van der Waals surface area contributed by atoms with Crippen molar-refractivity contribution in [3.05, 3.63) is 34.9 Å². The molecule has 2 atom stereocenters. The highest BCUT2D eigenvalue weighted by Gasteiger charge is 2.26. The zero-order valence-electron chi connectivity index (χ0n) is 26.4. The van der Waals surface area contributed by atoms with E-state index in [0.717, 1.165) is 0 Å². The van der Waals surface area contributed by atoms with Crippen molar-refractivity contribution < 1.29 is 28.8 Å². The molecular weight excluding hydrogens is 572 g/mol. The fourth-order valence-corrected chi connectivity index (χ4v) is 4.23. The van der Waals surface area contributed by atoms with Crippen LogP contribution < -0.4 is 31.3 Å². The Labute approximate surface area is 260 Å². The summed E-state index contributed by atoms with van der Waals surface area (Å²) >= 11 is 3.80. The zero-order chi connectivity index (χ0) is 32.9. The third-order valence-corrected chi connectivity index (χ3v) is 6.37. The van der Waals surface area contributed by atoms with Gasteiger partial charge in [0, 0.05) is 42.1 Å². The minimum Gasteiger partial charge on any atom is -0.354 e. The number of hydrogen-bond donors (Lipinski definition) is 7. The maximum atomic E-state index is 13.4. The van der Waals surface area contributed by atoms with Gasteiger partial charge in [-0.05, 0) is 84.1 Å². The second-order valence-electron chi connectivity index (χ2n) is 11.7. The molecule has 0 aliphatic rings. The van der Waals surface area contributed by atoms with E-state index < -0.39 is 35.7 Å². The van der Waals surface area contributed by atoms with Gasteiger partial charge in [-0.25, -0.2) is 0 Å². The first kappa shape index (κ1) is 37.4. The van der Waals surface area contributed by atoms with Crippen molar-refractivity contribution in [3.63, 3.8) is 0 Å². The van der Waals surface area contributed by atoms with Crippen LogP contribution in [0.1, 0.15) is 113 Å². The van der Waals surface area contributed by atoms with Crippen molar-refractivity contribution in [1.82, 2.24) is 31.3 Å². The molecule has 0 fully saturated rings. The van der Waals surface area contributed by atoms with Crippen LogP contribution in [0.5, 0.6) is 0 Å². The van der Waals surface area contributed by atoms with E-state index in [9.17, 15) is 28.8 Å². The molecule has 0 spiro atoms. The molecule has 0 saturated carbocycles. The summed E-state index contributed by atoms with van der Waals surface area (Å²) in [6.45, 7) is 14.7. The molecule has 240 valence electrons. The van der Waals surface area contributed by atoms with Crippen LogP contribution in [0.4, 0.5) is 0 Å². The van der Waals surface area contributed by atoms with Crippen LogP contribution >= 0.6 is 12.8 Å². The van der Waals surface area contributed by atoms with Gasteiger partial charge in [-0.1, -0.05) is 26.7 Å². The molecule has 1 rings (SSSR count). The van der Waals surface area contributed by atoms with E-state index in [-0.39, 0.29) is 72.7 Å². The Kier molecular flexibility index (Phi) is 15.8. The largest absolute Gasteiger partial charge is 0.354 e. The van der Waals surface area contributed by atoms with Gasteiger partial charge in [0.25, 0.3) is 17.7 Å². The van der Waals surface area contributed by atoms with Gasteiger partial charge in [0.2, 0.25) is 17.7 Å². The molecule has 0 aromatic heterocycles. The number of rotatable bonds is 16. The first-order chi connectivity index (χ1) is 20.0. The van der Waals surface area contributed by atoms with E-state index >= 15 is 0 Å². The Morgan fingerprint density at radius 1 is 0.581 bits per heavy atom. The Balaban J connectivity index is 3.24. The van der Waals surface area contributed by atoms with Crippen molar-refractivity contribution in [2.75, 3.05) is 0 Å². The van der Waals surface area contributed by atoms with Gasteiger partial charge in [0.15, 0.2) is 0 Å². The Hall–Kier alpha value is -3.61. The number of benzene rings is 1. The maximum Gasteiger partial charge on any atom is 0.252 e. The molecule has 0 bridgehead atoms. The lowest BCUT2D eigenvalue weighted by atomic mass is 9.96. The van der Waals surface area contributed by atoms with E-state index in [1.165, 1.54) is 6.07 Å². The van der Waals surface area contributed by atoms with Crippen molar-refractivity contribution in [2.24, 2.45) is 0 Å². The highest BCUT2D eigenvalue weighted by molar-refractivity contribution is 7.78. The Morgan fingerprint density at radius 2 is 0.977 bits per heavy atom. The average molecular weight is 621 g/mol. The normalized spacial score (nSPS) is 12.5. The molecule has 6 N–H and O–H groups in total. The summed E-state index contributed by atoms with van der Waals surface area (Å²) in [4.78, 5) is 76.4. The van der Waals surface area contributed by atoms with Crippen LogP contribution in [0, 0.1) is 0 Å². The smallest absolute Gasteiger partial charge is 0.252 e. The van der Waals surface area contributed by atoms with Crippen LogP contribution in [-0.4, -0.2) is 65.7 Å². The number of carbonyl (C=O) groups excluding carboxylic acids is 6. The summed E-state index contributed by atoms with van der Waals surface area (Å²) in [7, 11) is 0. The molecule has 1 aromatic rings. The van der Waals surface area contributed by atoms with Gasteiger partial charge < -0.3 is 31.3 Å². The number of nitrogens with one attached hydrogen (secondary N) is 6. The van der Waals surface area contributed by atoms with Crippen molar-refractivity contribution in [2.45, 2.75) is 117 Å². The minimum absolute atomic E-state index is 0.000957. The Bertz CT molecular complexity index is 1150. The molecule has 2 unspecified atom stereocenters. The summed E-state index contributed by atoms with van der Waals surface area (Å²) < 4.78 is 2.20. The van der Waals surface area contributed by atoms with Gasteiger partial charge in [0.05, 0.1) is 0 Å². The van der Waals surface area contributed by atoms with Gasteiger partial charge in [-0.2, -0.15) is 0 Å². The van der Waals surface area contributed by atoms with Crippen LogP contribution in [0.3, 0.4) is 0 Å². The molecule has 13 heteroatoms. The van der Waals surface area contributed by atoms with Crippen LogP contribution in [0.25, 0.3) is 0 Å². The lowest BCUT2D eigenvalue weighted by Gasteiger charge is -2.21. The first-order valence-corrected chi connectivity index (χ1v) is 15.1. The van der Waals surface area contributed by atoms with Gasteiger partial charge in [0.1, 0.15) is 12.1 Å². The summed E-state index contributed by atoms with van der Waals surface area (Å²) in [6.07, 6.45) is 0.132. The fraction of sp³-hybridized carbons (Fsp3) is 0.600. The summed E-state index contributed by atoms with van der Waals surface area (Å²) in [5.41, 5.74) is 0.945. The molecule has 43 heavy (non-hydrogen) atoms. The van der Waals surface area contributed by atoms with Gasteiger partial charge in [-0.3, -0.25) is 28.8 Å². The second-order valence-corrected chi connectivity index (χ2v) is 11.9. The van der Waals surface area contributed by atoms with E-state index in [0.29, 0.717) is 5.56 Å². The van der Waals surface area contributed by atoms with Crippen molar-refractivity contribution in [3.8, 4) is 0 Å². The number of thiol groups is 1. The highest BCUT2D eigenvalue weighted by Crippen LogP contribution is 2.20. The van der Waals surface area contributed by atoms with E-state index in [4.69, 9.17) is 0 Å². The van der Waals surface area contributed by atoms with Crippen molar-refractivity contribution in [1.29, 1.82) is 0 Å². The molecular formula is C30H48N6O6S. The van der Waals surface area contributed by atoms with Crippen molar-refractivity contribution >= 4 is 48.3 Å². The molecule has 6 amide bonds. The fourth-order valence-electron chi connectivity index (χ4n) is 4.07. The van der Waals surface area contributed by atoms with E-state index in [1.54, 1.807) is 26.0 Å². The second kappa shape index (κ2) is 18.1. The lowest BCUT2D eigenvalue weighted by molar-refractivity contribution is -0.125. The third kappa shape index (κ3) is 13.9. The predicted molar refractivity (Wildman–Crippen MR) is 168 cm³/mol. The molecule has 0 heterocycles. The lowest BCUT2D eigenvalue weighted by Crippen LogP contribution is -2.49. The maximum absolute atomic E-state index is 13.4. The van der Waals surface area contributed by atoms with E-state index in [1.807, 2.05) is 41.5 Å². The first-order valence-electron chi connectivity index (χ1n) is 14.6. The van der Waals surface area contributed by atoms with Gasteiger partial charge >= 0.3 is 0 Å². The summed E-state index contributed by atoms with van der Waals surface area (Å²) in [6, 6.07) is 2.26. The Morgan fingerprint density at radius 3 is 1.33 bits per heavy atom. The molecule has 12 nitrogen and oxygen atoms in total. The summed E-state index contributed by atoms with van der Waals surface area (Å²) in [5.74, 6) is -2.81. The zero-order valence-corrected chi connectivity index (χ0v) is 27.3. The molecule has 0 aliphatic carbocycles. The average Bonchev–Trinajstić information content (AvgIpc) is 2.90. The monoisotopic (exact) mass is 620 g/mol. The van der Waals surface area contributed by atoms with Crippen LogP contribution in [-0.2, 0) is 19.2 Å². The molecule has 0 aliphatic heterocycles. The summed E-state index contributed by atoms with van der Waals surface area (Å²) in [5, 5.41) is 13.6. The van der Waals surface area contributed by atoms with Crippen LogP contribution in [0.15, 0.2) is 18.2 Å². The van der Waals surface area contributed by atoms with Gasteiger partial charge in [-0.15, -0.1) is 0 Å². The number of hydrogen-bond acceptors (Lipinski definition) is 7. The minimum atomic E-state index is -1.05. The number of amides is 6. The quantitative estimate of drug-likeness (QED) is 0.139. The number of carbonyl (C=O) groups is 6.